The number of rotatable bonds is 4. The highest BCUT2D eigenvalue weighted by Gasteiger charge is 2.20. The van der Waals surface area contributed by atoms with Crippen molar-refractivity contribution in [3.05, 3.63) is 59.7 Å². The molecule has 6 nitrogen and oxygen atoms in total. The van der Waals surface area contributed by atoms with E-state index in [1.54, 1.807) is 25.1 Å². The number of hydrogen-bond acceptors (Lipinski definition) is 4. The van der Waals surface area contributed by atoms with Gasteiger partial charge in [-0.05, 0) is 49.2 Å². The lowest BCUT2D eigenvalue weighted by atomic mass is 10.2. The molecule has 134 valence electrons. The number of sulfonamides is 1. The lowest BCUT2D eigenvalue weighted by molar-refractivity contribution is 0.598. The number of aromatic nitrogens is 3. The van der Waals surface area contributed by atoms with Crippen molar-refractivity contribution < 1.29 is 12.8 Å². The molecule has 0 radical (unpaired) electrons. The van der Waals surface area contributed by atoms with Crippen molar-refractivity contribution in [2.45, 2.75) is 31.2 Å². The zero-order valence-corrected chi connectivity index (χ0v) is 14.9. The minimum atomic E-state index is -3.82. The topological polar surface area (TPSA) is 76.9 Å². The minimum Gasteiger partial charge on any atom is -0.311 e. The van der Waals surface area contributed by atoms with Gasteiger partial charge in [0.15, 0.2) is 5.82 Å². The molecule has 1 aliphatic rings. The van der Waals surface area contributed by atoms with Crippen LogP contribution in [0.4, 0.5) is 10.1 Å². The molecule has 26 heavy (non-hydrogen) atoms. The van der Waals surface area contributed by atoms with Gasteiger partial charge >= 0.3 is 0 Å². The Morgan fingerprint density at radius 1 is 1.15 bits per heavy atom. The molecule has 0 aliphatic carbocycles. The average molecular weight is 372 g/mol. The molecule has 0 saturated carbocycles. The van der Waals surface area contributed by atoms with Gasteiger partial charge in [0.1, 0.15) is 11.6 Å². The van der Waals surface area contributed by atoms with E-state index >= 15 is 0 Å². The molecule has 3 aromatic rings. The van der Waals surface area contributed by atoms with Crippen LogP contribution in [0, 0.1) is 12.7 Å². The van der Waals surface area contributed by atoms with E-state index < -0.39 is 15.8 Å². The Kier molecular flexibility index (Phi) is 3.99. The van der Waals surface area contributed by atoms with Crippen molar-refractivity contribution in [2.24, 2.45) is 0 Å². The van der Waals surface area contributed by atoms with Crippen LogP contribution in [0.25, 0.3) is 11.4 Å². The van der Waals surface area contributed by atoms with E-state index in [2.05, 4.69) is 19.5 Å². The van der Waals surface area contributed by atoms with Gasteiger partial charge in [-0.1, -0.05) is 12.1 Å². The summed E-state index contributed by atoms with van der Waals surface area (Å²) < 4.78 is 43.2. The first-order valence-electron chi connectivity index (χ1n) is 8.25. The van der Waals surface area contributed by atoms with Crippen molar-refractivity contribution in [1.82, 2.24) is 14.8 Å². The van der Waals surface area contributed by atoms with Crippen molar-refractivity contribution in [2.75, 3.05) is 4.72 Å². The summed E-state index contributed by atoms with van der Waals surface area (Å²) in [4.78, 5) is 0.0488. The van der Waals surface area contributed by atoms with E-state index in [1.165, 1.54) is 12.1 Å². The molecule has 0 bridgehead atoms. The minimum absolute atomic E-state index is 0.0488. The van der Waals surface area contributed by atoms with Gasteiger partial charge in [0.2, 0.25) is 0 Å². The van der Waals surface area contributed by atoms with Crippen LogP contribution in [0.2, 0.25) is 0 Å². The average Bonchev–Trinajstić information content (AvgIpc) is 3.17. The number of hydrogen-bond donors (Lipinski definition) is 1. The number of benzene rings is 2. The Balaban J connectivity index is 1.67. The zero-order valence-electron chi connectivity index (χ0n) is 14.1. The van der Waals surface area contributed by atoms with Gasteiger partial charge in [-0.2, -0.15) is 0 Å². The van der Waals surface area contributed by atoms with Crippen LogP contribution in [-0.2, 0) is 23.0 Å². The zero-order chi connectivity index (χ0) is 18.3. The van der Waals surface area contributed by atoms with Crippen LogP contribution in [0.3, 0.4) is 0 Å². The van der Waals surface area contributed by atoms with Crippen LogP contribution >= 0.6 is 0 Å². The number of nitrogens with one attached hydrogen (secondary N) is 1. The van der Waals surface area contributed by atoms with Gasteiger partial charge in [0, 0.05) is 24.2 Å². The van der Waals surface area contributed by atoms with E-state index in [9.17, 15) is 12.8 Å². The van der Waals surface area contributed by atoms with E-state index in [1.807, 2.05) is 6.07 Å². The number of nitrogens with zero attached hydrogens (tertiary/aromatic N) is 3. The fourth-order valence-electron chi connectivity index (χ4n) is 3.21. The van der Waals surface area contributed by atoms with E-state index in [4.69, 9.17) is 0 Å². The van der Waals surface area contributed by atoms with E-state index in [0.29, 0.717) is 11.3 Å². The summed E-state index contributed by atoms with van der Waals surface area (Å²) in [7, 11) is -3.82. The summed E-state index contributed by atoms with van der Waals surface area (Å²) >= 11 is 0. The molecule has 8 heteroatoms. The Labute approximate surface area is 150 Å². The Morgan fingerprint density at radius 3 is 2.81 bits per heavy atom. The lowest BCUT2D eigenvalue weighted by Crippen LogP contribution is -2.14. The summed E-state index contributed by atoms with van der Waals surface area (Å²) in [5, 5.41) is 8.41. The summed E-state index contributed by atoms with van der Waals surface area (Å²) in [5.74, 6) is 1.22. The smallest absolute Gasteiger partial charge is 0.262 e. The highest BCUT2D eigenvalue weighted by molar-refractivity contribution is 7.92. The van der Waals surface area contributed by atoms with Crippen LogP contribution < -0.4 is 4.72 Å². The number of fused-ring (bicyclic) bond motifs is 1. The van der Waals surface area contributed by atoms with Crippen LogP contribution in [0.5, 0.6) is 0 Å². The molecule has 1 N–H and O–H groups in total. The maximum Gasteiger partial charge on any atom is 0.262 e. The molecule has 1 aliphatic heterocycles. The molecule has 2 aromatic carbocycles. The molecule has 0 fully saturated rings. The number of halogens is 1. The Bertz CT molecular complexity index is 1090. The first-order chi connectivity index (χ1) is 12.4. The van der Waals surface area contributed by atoms with Gasteiger partial charge < -0.3 is 4.57 Å². The predicted molar refractivity (Wildman–Crippen MR) is 95.7 cm³/mol. The van der Waals surface area contributed by atoms with Gasteiger partial charge in [0.25, 0.3) is 10.0 Å². The number of anilines is 1. The fourth-order valence-corrected chi connectivity index (χ4v) is 4.49. The Morgan fingerprint density at radius 2 is 2.00 bits per heavy atom. The third-order valence-electron chi connectivity index (χ3n) is 4.41. The largest absolute Gasteiger partial charge is 0.311 e. The second-order valence-corrected chi connectivity index (χ2v) is 7.94. The highest BCUT2D eigenvalue weighted by Crippen LogP contribution is 2.27. The van der Waals surface area contributed by atoms with Gasteiger partial charge in [0.05, 0.1) is 4.90 Å². The van der Waals surface area contributed by atoms with Crippen molar-refractivity contribution in [3.8, 4) is 11.4 Å². The van der Waals surface area contributed by atoms with Crippen LogP contribution in [0.15, 0.2) is 47.4 Å². The molecule has 0 spiro atoms. The molecular weight excluding hydrogens is 355 g/mol. The second kappa shape index (κ2) is 6.21. The molecule has 0 saturated heterocycles. The van der Waals surface area contributed by atoms with Gasteiger partial charge in [-0.3, -0.25) is 4.72 Å². The first-order valence-corrected chi connectivity index (χ1v) is 9.74. The maximum atomic E-state index is 13.3. The van der Waals surface area contributed by atoms with Gasteiger partial charge in [-0.25, -0.2) is 12.8 Å². The van der Waals surface area contributed by atoms with E-state index in [0.717, 1.165) is 42.7 Å². The summed E-state index contributed by atoms with van der Waals surface area (Å²) in [6.07, 6.45) is 1.94. The molecule has 2 heterocycles. The van der Waals surface area contributed by atoms with Gasteiger partial charge in [-0.15, -0.1) is 10.2 Å². The molecule has 0 atom stereocenters. The normalized spacial score (nSPS) is 13.6. The summed E-state index contributed by atoms with van der Waals surface area (Å²) in [5.41, 5.74) is 1.56. The first kappa shape index (κ1) is 16.7. The van der Waals surface area contributed by atoms with Crippen molar-refractivity contribution in [3.63, 3.8) is 0 Å². The Hall–Kier alpha value is -2.74. The molecule has 4 rings (SSSR count). The van der Waals surface area contributed by atoms with E-state index in [-0.39, 0.29) is 4.90 Å². The highest BCUT2D eigenvalue weighted by atomic mass is 32.2. The SMILES string of the molecule is Cc1cc(F)ccc1S(=O)(=O)Nc1cccc(-c2nnc3n2CCC3)c1. The maximum absolute atomic E-state index is 13.3. The molecule has 0 unspecified atom stereocenters. The third kappa shape index (κ3) is 2.96. The second-order valence-electron chi connectivity index (χ2n) is 6.29. The lowest BCUT2D eigenvalue weighted by Gasteiger charge is -2.11. The van der Waals surface area contributed by atoms with Crippen LogP contribution in [0.1, 0.15) is 17.8 Å². The summed E-state index contributed by atoms with van der Waals surface area (Å²) in [6.45, 7) is 2.43. The van der Waals surface area contributed by atoms with Crippen molar-refractivity contribution in [1.29, 1.82) is 0 Å². The van der Waals surface area contributed by atoms with Crippen molar-refractivity contribution >= 4 is 15.7 Å². The quantitative estimate of drug-likeness (QED) is 0.763. The molecule has 1 aromatic heterocycles. The summed E-state index contributed by atoms with van der Waals surface area (Å²) in [6, 6.07) is 10.6. The fraction of sp³-hybridized carbons (Fsp3) is 0.222. The molecular formula is C18H17FN4O2S. The predicted octanol–water partition coefficient (Wildman–Crippen LogP) is 3.14. The third-order valence-corrected chi connectivity index (χ3v) is 5.95. The van der Waals surface area contributed by atoms with Crippen LogP contribution in [-0.4, -0.2) is 23.2 Å². The number of aryl methyl sites for hydroxylation is 2. The molecule has 0 amide bonds. The standard InChI is InChI=1S/C18H17FN4O2S/c1-12-10-14(19)7-8-16(12)26(24,25)22-15-5-2-4-13(11-15)18-21-20-17-6-3-9-23(17)18/h2,4-5,7-8,10-11,22H,3,6,9H2,1H3. The monoisotopic (exact) mass is 372 g/mol.